The predicted octanol–water partition coefficient (Wildman–Crippen LogP) is 2.87. The van der Waals surface area contributed by atoms with Crippen LogP contribution in [0.15, 0.2) is 53.4 Å². The van der Waals surface area contributed by atoms with Gasteiger partial charge in [0.25, 0.3) is 0 Å². The van der Waals surface area contributed by atoms with Gasteiger partial charge in [-0.1, -0.05) is 18.2 Å². The quantitative estimate of drug-likeness (QED) is 0.924. The summed E-state index contributed by atoms with van der Waals surface area (Å²) in [6.45, 7) is 1.64. The minimum absolute atomic E-state index is 0.159. The molecule has 0 bridgehead atoms. The van der Waals surface area contributed by atoms with Crippen molar-refractivity contribution in [2.45, 2.75) is 17.9 Å². The third-order valence-corrected chi connectivity index (χ3v) is 4.60. The van der Waals surface area contributed by atoms with Crippen LogP contribution in [0.4, 0.5) is 4.39 Å². The fraction of sp³-hybridized carbons (Fsp3) is 0.200. The maximum atomic E-state index is 13.4. The third kappa shape index (κ3) is 3.59. The highest BCUT2D eigenvalue weighted by atomic mass is 32.2. The van der Waals surface area contributed by atoms with Crippen molar-refractivity contribution in [1.82, 2.24) is 4.72 Å². The van der Waals surface area contributed by atoms with Gasteiger partial charge >= 0.3 is 0 Å². The van der Waals surface area contributed by atoms with Crippen LogP contribution in [-0.4, -0.2) is 15.5 Å². The van der Waals surface area contributed by atoms with Crippen LogP contribution < -0.4 is 9.46 Å². The number of methoxy groups -OCH3 is 1. The Morgan fingerprint density at radius 2 is 1.81 bits per heavy atom. The van der Waals surface area contributed by atoms with E-state index in [4.69, 9.17) is 4.74 Å². The predicted molar refractivity (Wildman–Crippen MR) is 78.1 cm³/mol. The molecule has 0 aromatic heterocycles. The molecule has 0 aliphatic heterocycles. The summed E-state index contributed by atoms with van der Waals surface area (Å²) in [6.07, 6.45) is 0. The molecule has 0 aliphatic rings. The Bertz CT molecular complexity index is 717. The van der Waals surface area contributed by atoms with Gasteiger partial charge < -0.3 is 4.74 Å². The second-order valence-electron chi connectivity index (χ2n) is 4.54. The zero-order valence-corrected chi connectivity index (χ0v) is 12.5. The maximum Gasteiger partial charge on any atom is 0.241 e. The summed E-state index contributed by atoms with van der Waals surface area (Å²) in [5, 5.41) is 0. The van der Waals surface area contributed by atoms with Crippen molar-refractivity contribution < 1.29 is 17.5 Å². The van der Waals surface area contributed by atoms with E-state index in [9.17, 15) is 12.8 Å². The maximum absolute atomic E-state index is 13.4. The zero-order chi connectivity index (χ0) is 15.5. The first-order valence-corrected chi connectivity index (χ1v) is 7.83. The second kappa shape index (κ2) is 6.24. The minimum atomic E-state index is -3.67. The number of ether oxygens (including phenoxy) is 1. The molecule has 2 aromatic rings. The monoisotopic (exact) mass is 309 g/mol. The van der Waals surface area contributed by atoms with E-state index >= 15 is 0 Å². The van der Waals surface area contributed by atoms with Gasteiger partial charge in [-0.3, -0.25) is 0 Å². The molecule has 4 nitrogen and oxygen atoms in total. The molecular weight excluding hydrogens is 293 g/mol. The smallest absolute Gasteiger partial charge is 0.241 e. The SMILES string of the molecule is COc1ccc(F)cc1C(C)NS(=O)(=O)c1ccccc1. The summed E-state index contributed by atoms with van der Waals surface area (Å²) in [4.78, 5) is 0.159. The van der Waals surface area contributed by atoms with Crippen LogP contribution in [0, 0.1) is 5.82 Å². The molecule has 112 valence electrons. The molecule has 2 rings (SSSR count). The van der Waals surface area contributed by atoms with Crippen molar-refractivity contribution in [3.63, 3.8) is 0 Å². The standard InChI is InChI=1S/C15H16FNO3S/c1-11(14-10-12(16)8-9-15(14)20-2)17-21(18,19)13-6-4-3-5-7-13/h3-11,17H,1-2H3. The number of rotatable bonds is 5. The van der Waals surface area contributed by atoms with Gasteiger partial charge in [0.05, 0.1) is 12.0 Å². The summed E-state index contributed by atoms with van der Waals surface area (Å²) in [6, 6.07) is 11.4. The van der Waals surface area contributed by atoms with E-state index in [1.165, 1.54) is 37.4 Å². The second-order valence-corrected chi connectivity index (χ2v) is 6.26. The molecule has 0 amide bonds. The van der Waals surface area contributed by atoms with E-state index in [0.717, 1.165) is 0 Å². The molecule has 2 aromatic carbocycles. The number of hydrogen-bond donors (Lipinski definition) is 1. The number of benzene rings is 2. The van der Waals surface area contributed by atoms with Crippen molar-refractivity contribution in [3.05, 3.63) is 59.9 Å². The molecule has 0 saturated heterocycles. The highest BCUT2D eigenvalue weighted by molar-refractivity contribution is 7.89. The number of nitrogens with one attached hydrogen (secondary N) is 1. The van der Waals surface area contributed by atoms with Gasteiger partial charge in [-0.2, -0.15) is 0 Å². The molecule has 1 atom stereocenters. The number of halogens is 1. The molecule has 0 heterocycles. The van der Waals surface area contributed by atoms with Gasteiger partial charge in [0.1, 0.15) is 11.6 Å². The van der Waals surface area contributed by atoms with Gasteiger partial charge in [-0.05, 0) is 37.3 Å². The molecule has 0 aliphatic carbocycles. The Balaban J connectivity index is 2.30. The Kier molecular flexibility index (Phi) is 4.59. The van der Waals surface area contributed by atoms with Crippen molar-refractivity contribution in [2.75, 3.05) is 7.11 Å². The van der Waals surface area contributed by atoms with E-state index < -0.39 is 21.9 Å². The highest BCUT2D eigenvalue weighted by Gasteiger charge is 2.20. The van der Waals surface area contributed by atoms with E-state index in [2.05, 4.69) is 4.72 Å². The normalized spacial score (nSPS) is 12.9. The van der Waals surface area contributed by atoms with Crippen molar-refractivity contribution in [2.24, 2.45) is 0 Å². The Morgan fingerprint density at radius 3 is 2.43 bits per heavy atom. The summed E-state index contributed by atoms with van der Waals surface area (Å²) >= 11 is 0. The summed E-state index contributed by atoms with van der Waals surface area (Å²) in [7, 11) is -2.22. The first-order chi connectivity index (χ1) is 9.94. The minimum Gasteiger partial charge on any atom is -0.496 e. The molecule has 0 saturated carbocycles. The van der Waals surface area contributed by atoms with Crippen molar-refractivity contribution in [3.8, 4) is 5.75 Å². The summed E-state index contributed by atoms with van der Waals surface area (Å²) in [5.74, 6) is -0.0174. The lowest BCUT2D eigenvalue weighted by Crippen LogP contribution is -2.27. The van der Waals surface area contributed by atoms with E-state index in [-0.39, 0.29) is 4.90 Å². The first kappa shape index (κ1) is 15.5. The van der Waals surface area contributed by atoms with Gasteiger partial charge in [0.15, 0.2) is 0 Å². The molecule has 21 heavy (non-hydrogen) atoms. The molecule has 0 radical (unpaired) electrons. The fourth-order valence-corrected chi connectivity index (χ4v) is 3.25. The molecule has 0 spiro atoms. The first-order valence-electron chi connectivity index (χ1n) is 6.35. The topological polar surface area (TPSA) is 55.4 Å². The molecular formula is C15H16FNO3S. The lowest BCUT2D eigenvalue weighted by Gasteiger charge is -2.17. The lowest BCUT2D eigenvalue weighted by molar-refractivity contribution is 0.403. The average Bonchev–Trinajstić information content (AvgIpc) is 2.47. The van der Waals surface area contributed by atoms with E-state index in [0.29, 0.717) is 11.3 Å². The van der Waals surface area contributed by atoms with Crippen LogP contribution in [0.3, 0.4) is 0 Å². The highest BCUT2D eigenvalue weighted by Crippen LogP contribution is 2.27. The van der Waals surface area contributed by atoms with Gasteiger partial charge in [0.2, 0.25) is 10.0 Å². The van der Waals surface area contributed by atoms with E-state index in [1.807, 2.05) is 0 Å². The van der Waals surface area contributed by atoms with Crippen LogP contribution in [0.5, 0.6) is 5.75 Å². The largest absolute Gasteiger partial charge is 0.496 e. The van der Waals surface area contributed by atoms with Crippen LogP contribution >= 0.6 is 0 Å². The van der Waals surface area contributed by atoms with Gasteiger partial charge in [-0.25, -0.2) is 17.5 Å². The fourth-order valence-electron chi connectivity index (χ4n) is 2.01. The molecule has 1 unspecified atom stereocenters. The Hall–Kier alpha value is -1.92. The lowest BCUT2D eigenvalue weighted by atomic mass is 10.1. The Morgan fingerprint density at radius 1 is 1.14 bits per heavy atom. The van der Waals surface area contributed by atoms with Crippen LogP contribution in [0.2, 0.25) is 0 Å². The van der Waals surface area contributed by atoms with Gasteiger partial charge in [-0.15, -0.1) is 0 Å². The van der Waals surface area contributed by atoms with Crippen LogP contribution in [0.1, 0.15) is 18.5 Å². The molecule has 0 fully saturated rings. The molecule has 1 N–H and O–H groups in total. The van der Waals surface area contributed by atoms with E-state index in [1.54, 1.807) is 25.1 Å². The van der Waals surface area contributed by atoms with Crippen LogP contribution in [0.25, 0.3) is 0 Å². The molecule has 6 heteroatoms. The zero-order valence-electron chi connectivity index (χ0n) is 11.7. The Labute approximate surface area is 123 Å². The van der Waals surface area contributed by atoms with Gasteiger partial charge in [0, 0.05) is 11.6 Å². The average molecular weight is 309 g/mol. The van der Waals surface area contributed by atoms with Crippen LogP contribution in [-0.2, 0) is 10.0 Å². The number of sulfonamides is 1. The summed E-state index contributed by atoms with van der Waals surface area (Å²) < 4.78 is 45.5. The third-order valence-electron chi connectivity index (χ3n) is 3.04. The summed E-state index contributed by atoms with van der Waals surface area (Å²) in [5.41, 5.74) is 0.442. The van der Waals surface area contributed by atoms with Crippen molar-refractivity contribution in [1.29, 1.82) is 0 Å². The van der Waals surface area contributed by atoms with Crippen molar-refractivity contribution >= 4 is 10.0 Å². The number of hydrogen-bond acceptors (Lipinski definition) is 3.